The van der Waals surface area contributed by atoms with Gasteiger partial charge in [-0.2, -0.15) is 0 Å². The maximum atomic E-state index is 13.2. The van der Waals surface area contributed by atoms with Gasteiger partial charge in [-0.3, -0.25) is 4.79 Å². The summed E-state index contributed by atoms with van der Waals surface area (Å²) in [7, 11) is 0. The summed E-state index contributed by atoms with van der Waals surface area (Å²) < 4.78 is 2.33. The number of hydrogen-bond acceptors (Lipinski definition) is 2. The fourth-order valence-electron chi connectivity index (χ4n) is 3.90. The van der Waals surface area contributed by atoms with Crippen molar-refractivity contribution in [2.45, 2.75) is 53.4 Å². The van der Waals surface area contributed by atoms with Gasteiger partial charge in [0.2, 0.25) is 0 Å². The van der Waals surface area contributed by atoms with Crippen LogP contribution in [-0.4, -0.2) is 0 Å². The lowest BCUT2D eigenvalue weighted by Gasteiger charge is -2.20. The van der Waals surface area contributed by atoms with Crippen molar-refractivity contribution in [1.29, 1.82) is 0 Å². The Morgan fingerprint density at radius 1 is 0.783 bits per heavy atom. The highest BCUT2D eigenvalue weighted by Crippen LogP contribution is 2.35. The average molecular weight is 324 g/mol. The molecule has 0 aliphatic heterocycles. The normalized spacial score (nSPS) is 11.5. The fourth-order valence-corrected chi connectivity index (χ4v) is 5.24. The lowest BCUT2D eigenvalue weighted by Crippen LogP contribution is -2.11. The summed E-state index contributed by atoms with van der Waals surface area (Å²) in [6, 6.07) is 8.04. The molecule has 2 aromatic carbocycles. The Labute approximate surface area is 142 Å². The van der Waals surface area contributed by atoms with Crippen LogP contribution in [-0.2, 0) is 25.7 Å². The molecule has 0 atom stereocenters. The van der Waals surface area contributed by atoms with Crippen molar-refractivity contribution in [2.24, 2.45) is 0 Å². The summed E-state index contributed by atoms with van der Waals surface area (Å²) in [4.78, 5) is 13.2. The fraction of sp³-hybridized carbons (Fsp3) is 0.381. The third-order valence-electron chi connectivity index (χ3n) is 4.88. The molecule has 0 unspecified atom stereocenters. The molecular weight excluding hydrogens is 300 g/mol. The quantitative estimate of drug-likeness (QED) is 0.566. The number of rotatable bonds is 4. The van der Waals surface area contributed by atoms with Gasteiger partial charge in [0, 0.05) is 20.2 Å². The third kappa shape index (κ3) is 2.40. The number of aryl methyl sites for hydroxylation is 2. The van der Waals surface area contributed by atoms with Crippen molar-refractivity contribution in [2.75, 3.05) is 0 Å². The molecule has 0 saturated heterocycles. The van der Waals surface area contributed by atoms with Gasteiger partial charge in [-0.05, 0) is 60.1 Å². The molecule has 0 amide bonds. The van der Waals surface area contributed by atoms with Crippen LogP contribution in [0.2, 0.25) is 0 Å². The topological polar surface area (TPSA) is 17.1 Å². The first-order valence-electron chi connectivity index (χ1n) is 8.68. The zero-order chi connectivity index (χ0) is 16.6. The van der Waals surface area contributed by atoms with Crippen LogP contribution in [0.5, 0.6) is 0 Å². The van der Waals surface area contributed by atoms with Crippen molar-refractivity contribution in [3.05, 3.63) is 56.7 Å². The summed E-state index contributed by atoms with van der Waals surface area (Å²) in [5.41, 5.74) is 5.79. The van der Waals surface area contributed by atoms with Crippen LogP contribution in [0.3, 0.4) is 0 Å². The van der Waals surface area contributed by atoms with Crippen molar-refractivity contribution in [1.82, 2.24) is 0 Å². The standard InChI is InChI=1S/C21H24OS/c1-5-13-14(6-2)16(8-4)21-19(15(13)7-3)20(22)17-11-9-10-12-18(17)23-21/h9-12H,5-8H2,1-4H3. The van der Waals surface area contributed by atoms with Crippen LogP contribution in [0.15, 0.2) is 29.1 Å². The van der Waals surface area contributed by atoms with Gasteiger partial charge in [0.25, 0.3) is 0 Å². The number of hydrogen-bond donors (Lipinski definition) is 0. The maximum Gasteiger partial charge on any atom is 0.196 e. The van der Waals surface area contributed by atoms with E-state index >= 15 is 0 Å². The van der Waals surface area contributed by atoms with Gasteiger partial charge in [-0.25, -0.2) is 0 Å². The number of benzene rings is 2. The minimum absolute atomic E-state index is 0.221. The molecule has 1 nitrogen and oxygen atoms in total. The zero-order valence-corrected chi connectivity index (χ0v) is 15.3. The first kappa shape index (κ1) is 16.2. The lowest BCUT2D eigenvalue weighted by atomic mass is 9.87. The Kier molecular flexibility index (Phi) is 4.54. The summed E-state index contributed by atoms with van der Waals surface area (Å²) in [5.74, 6) is 0. The van der Waals surface area contributed by atoms with Crippen LogP contribution >= 0.6 is 11.3 Å². The van der Waals surface area contributed by atoms with Gasteiger partial charge in [-0.15, -0.1) is 11.3 Å². The SMILES string of the molecule is CCc1c(CC)c(CC)c2c(=O)c3ccccc3sc2c1CC. The molecule has 23 heavy (non-hydrogen) atoms. The van der Waals surface area contributed by atoms with E-state index < -0.39 is 0 Å². The van der Waals surface area contributed by atoms with E-state index in [4.69, 9.17) is 0 Å². The molecule has 120 valence electrons. The van der Waals surface area contributed by atoms with Gasteiger partial charge in [0.15, 0.2) is 5.43 Å². The molecule has 2 heteroatoms. The van der Waals surface area contributed by atoms with Crippen LogP contribution < -0.4 is 5.43 Å². The van der Waals surface area contributed by atoms with Gasteiger partial charge in [0.1, 0.15) is 0 Å². The van der Waals surface area contributed by atoms with Crippen LogP contribution in [0, 0.1) is 0 Å². The van der Waals surface area contributed by atoms with Crippen LogP contribution in [0.25, 0.3) is 20.2 Å². The van der Waals surface area contributed by atoms with Crippen molar-refractivity contribution < 1.29 is 0 Å². The number of fused-ring (bicyclic) bond motifs is 2. The minimum Gasteiger partial charge on any atom is -0.288 e. The minimum atomic E-state index is 0.221. The monoisotopic (exact) mass is 324 g/mol. The highest BCUT2D eigenvalue weighted by Gasteiger charge is 2.19. The van der Waals surface area contributed by atoms with Gasteiger partial charge in [-0.1, -0.05) is 39.8 Å². The Hall–Kier alpha value is -1.67. The molecule has 0 spiro atoms. The summed E-state index contributed by atoms with van der Waals surface area (Å²) in [6.45, 7) is 8.85. The molecule has 3 rings (SSSR count). The second-order valence-corrected chi connectivity index (χ2v) is 7.01. The average Bonchev–Trinajstić information content (AvgIpc) is 2.59. The highest BCUT2D eigenvalue weighted by atomic mass is 32.1. The highest BCUT2D eigenvalue weighted by molar-refractivity contribution is 7.24. The Balaban J connectivity index is 2.65. The van der Waals surface area contributed by atoms with E-state index in [9.17, 15) is 4.79 Å². The van der Waals surface area contributed by atoms with E-state index in [0.717, 1.165) is 41.2 Å². The second kappa shape index (κ2) is 6.45. The van der Waals surface area contributed by atoms with E-state index in [1.165, 1.54) is 27.0 Å². The molecule has 0 radical (unpaired) electrons. The van der Waals surface area contributed by atoms with Crippen molar-refractivity contribution in [3.8, 4) is 0 Å². The van der Waals surface area contributed by atoms with E-state index in [1.807, 2.05) is 18.2 Å². The van der Waals surface area contributed by atoms with E-state index in [0.29, 0.717) is 0 Å². The predicted molar refractivity (Wildman–Crippen MR) is 103 cm³/mol. The largest absolute Gasteiger partial charge is 0.288 e. The Morgan fingerprint density at radius 2 is 1.35 bits per heavy atom. The molecule has 3 aromatic rings. The molecule has 0 bridgehead atoms. The lowest BCUT2D eigenvalue weighted by molar-refractivity contribution is 0.962. The van der Waals surface area contributed by atoms with E-state index in [-0.39, 0.29) is 5.43 Å². The summed E-state index contributed by atoms with van der Waals surface area (Å²) in [6.07, 6.45) is 3.97. The van der Waals surface area contributed by atoms with Gasteiger partial charge >= 0.3 is 0 Å². The Morgan fingerprint density at radius 3 is 1.96 bits per heavy atom. The molecule has 0 saturated carbocycles. The van der Waals surface area contributed by atoms with Crippen molar-refractivity contribution >= 4 is 31.5 Å². The molecular formula is C21H24OS. The summed E-state index contributed by atoms with van der Waals surface area (Å²) in [5, 5.41) is 1.86. The van der Waals surface area contributed by atoms with E-state index in [2.05, 4.69) is 33.8 Å². The molecule has 0 fully saturated rings. The summed E-state index contributed by atoms with van der Waals surface area (Å²) >= 11 is 1.79. The predicted octanol–water partition coefficient (Wildman–Crippen LogP) is 5.66. The second-order valence-electron chi connectivity index (χ2n) is 5.96. The maximum absolute atomic E-state index is 13.2. The van der Waals surface area contributed by atoms with Crippen molar-refractivity contribution in [3.63, 3.8) is 0 Å². The first-order valence-corrected chi connectivity index (χ1v) is 9.50. The van der Waals surface area contributed by atoms with Gasteiger partial charge < -0.3 is 0 Å². The zero-order valence-electron chi connectivity index (χ0n) is 14.5. The third-order valence-corrected chi connectivity index (χ3v) is 6.11. The first-order chi connectivity index (χ1) is 11.2. The van der Waals surface area contributed by atoms with Crippen LogP contribution in [0.4, 0.5) is 0 Å². The molecule has 0 aliphatic carbocycles. The Bertz CT molecular complexity index is 934. The van der Waals surface area contributed by atoms with Crippen LogP contribution in [0.1, 0.15) is 49.9 Å². The van der Waals surface area contributed by atoms with E-state index in [1.54, 1.807) is 11.3 Å². The molecule has 0 N–H and O–H groups in total. The van der Waals surface area contributed by atoms with Gasteiger partial charge in [0.05, 0.1) is 0 Å². The molecule has 1 aromatic heterocycles. The smallest absolute Gasteiger partial charge is 0.196 e. The molecule has 1 heterocycles. The molecule has 0 aliphatic rings.